The zero-order valence-electron chi connectivity index (χ0n) is 4.85. The number of nitrogens with two attached hydrogens (primary N) is 3. The van der Waals surface area contributed by atoms with Crippen LogP contribution in [0.3, 0.4) is 0 Å². The van der Waals surface area contributed by atoms with Gasteiger partial charge in [0, 0.05) is 4.81 Å². The van der Waals surface area contributed by atoms with Crippen LogP contribution >= 0.6 is 0 Å². The molecule has 6 N–H and O–H groups in total. The van der Waals surface area contributed by atoms with Crippen molar-refractivity contribution in [2.75, 3.05) is 0 Å². The first-order valence-corrected chi connectivity index (χ1v) is 2.24. The summed E-state index contributed by atoms with van der Waals surface area (Å²) < 4.78 is 3.93. The lowest BCUT2D eigenvalue weighted by Gasteiger charge is -2.16. The molecule has 10 heavy (non-hydrogen) atoms. The van der Waals surface area contributed by atoms with Gasteiger partial charge in [-0.3, -0.25) is 0 Å². The van der Waals surface area contributed by atoms with E-state index >= 15 is 0 Å². The number of hydrogen-bond donors (Lipinski definition) is 3. The zero-order valence-corrected chi connectivity index (χ0v) is 4.85. The summed E-state index contributed by atoms with van der Waals surface area (Å²) in [6.45, 7) is 0. The molecule has 0 atom stereocenters. The Labute approximate surface area is 55.2 Å². The van der Waals surface area contributed by atoms with E-state index in [2.05, 4.69) is 4.74 Å². The Kier molecular flexibility index (Phi) is 1.13. The Morgan fingerprint density at radius 3 is 2.00 bits per heavy atom. The molecule has 1 aliphatic rings. The van der Waals surface area contributed by atoms with Crippen LogP contribution in [-0.4, -0.2) is 22.1 Å². The molecule has 2 amide bonds. The summed E-state index contributed by atoms with van der Waals surface area (Å²) in [5.74, 6) is 14.9. The molecule has 0 spiro atoms. The fourth-order valence-corrected chi connectivity index (χ4v) is 0.418. The van der Waals surface area contributed by atoms with E-state index in [4.69, 9.17) is 17.5 Å². The molecule has 1 aliphatic heterocycles. The fourth-order valence-electron chi connectivity index (χ4n) is 0.418. The summed E-state index contributed by atoms with van der Waals surface area (Å²) in [6.07, 6.45) is -2.19. The standard InChI is InChI=1S/C2H6N5O3/c3-6-1(8)10-2(9)7(6,4)5/h3-5H2/q+1. The van der Waals surface area contributed by atoms with Crippen LogP contribution in [0.4, 0.5) is 9.59 Å². The second-order valence-electron chi connectivity index (χ2n) is 1.72. The summed E-state index contributed by atoms with van der Waals surface area (Å²) >= 11 is 0. The maximum Gasteiger partial charge on any atom is 0.594 e. The maximum atomic E-state index is 10.5. The van der Waals surface area contributed by atoms with Gasteiger partial charge >= 0.3 is 12.2 Å². The minimum Gasteiger partial charge on any atom is -0.319 e. The third-order valence-corrected chi connectivity index (χ3v) is 1.01. The van der Waals surface area contributed by atoms with Gasteiger partial charge in [-0.05, 0) is 5.12 Å². The van der Waals surface area contributed by atoms with Gasteiger partial charge < -0.3 is 4.74 Å². The summed E-state index contributed by atoms with van der Waals surface area (Å²) in [5.41, 5.74) is 0. The van der Waals surface area contributed by atoms with Crippen molar-refractivity contribution in [3.63, 3.8) is 0 Å². The molecule has 0 bridgehead atoms. The van der Waals surface area contributed by atoms with Gasteiger partial charge in [-0.2, -0.15) is 10.6 Å². The molecule has 0 aromatic rings. The van der Waals surface area contributed by atoms with E-state index < -0.39 is 17.0 Å². The number of hydrogen-bond acceptors (Lipinski definition) is 6. The number of rotatable bonds is 0. The first-order chi connectivity index (χ1) is 4.46. The van der Waals surface area contributed by atoms with Gasteiger partial charge in [0.2, 0.25) is 0 Å². The second kappa shape index (κ2) is 1.64. The van der Waals surface area contributed by atoms with Crippen LogP contribution in [0.15, 0.2) is 0 Å². The molecule has 1 heterocycles. The number of amides is 2. The molecular formula is C2H6N5O3+. The van der Waals surface area contributed by atoms with E-state index in [1.807, 2.05) is 0 Å². The first-order valence-electron chi connectivity index (χ1n) is 2.24. The van der Waals surface area contributed by atoms with Gasteiger partial charge in [-0.15, -0.1) is 11.7 Å². The van der Waals surface area contributed by atoms with E-state index in [1.54, 1.807) is 0 Å². The molecule has 1 saturated heterocycles. The average molecular weight is 148 g/mol. The summed E-state index contributed by atoms with van der Waals surface area (Å²) in [4.78, 5) is 19.5. The van der Waals surface area contributed by atoms with Gasteiger partial charge in [0.05, 0.1) is 0 Å². The number of cyclic esters (lactones) is 2. The maximum absolute atomic E-state index is 10.5. The third kappa shape index (κ3) is 0.642. The molecule has 8 nitrogen and oxygen atoms in total. The number of carbonyl (C=O) groups excluding carboxylic acids is 2. The lowest BCUT2D eigenvalue weighted by atomic mass is 11.1. The lowest BCUT2D eigenvalue weighted by Crippen LogP contribution is -2.71. The summed E-state index contributed by atoms with van der Waals surface area (Å²) in [5, 5.41) is 0.266. The number of carbonyl (C=O) groups is 2. The van der Waals surface area contributed by atoms with Crippen molar-refractivity contribution in [2.45, 2.75) is 0 Å². The van der Waals surface area contributed by atoms with E-state index in [1.165, 1.54) is 0 Å². The van der Waals surface area contributed by atoms with Crippen molar-refractivity contribution in [2.24, 2.45) is 17.5 Å². The molecule has 0 aromatic carbocycles. The van der Waals surface area contributed by atoms with Gasteiger partial charge in [0.15, 0.2) is 0 Å². The Morgan fingerprint density at radius 1 is 1.40 bits per heavy atom. The predicted molar refractivity (Wildman–Crippen MR) is 26.5 cm³/mol. The summed E-state index contributed by atoms with van der Waals surface area (Å²) in [7, 11) is 0. The fraction of sp³-hybridized carbons (Fsp3) is 0. The predicted octanol–water partition coefficient (Wildman–Crippen LogP) is -2.09. The van der Waals surface area contributed by atoms with E-state index in [0.717, 1.165) is 0 Å². The van der Waals surface area contributed by atoms with E-state index in [-0.39, 0.29) is 5.12 Å². The topological polar surface area (TPSA) is 125 Å². The van der Waals surface area contributed by atoms with Gasteiger partial charge in [0.1, 0.15) is 0 Å². The van der Waals surface area contributed by atoms with Crippen molar-refractivity contribution >= 4 is 12.2 Å². The molecule has 56 valence electrons. The monoisotopic (exact) mass is 148 g/mol. The van der Waals surface area contributed by atoms with Crippen molar-refractivity contribution in [1.29, 1.82) is 0 Å². The molecule has 1 rings (SSSR count). The van der Waals surface area contributed by atoms with Crippen LogP contribution in [0.5, 0.6) is 0 Å². The van der Waals surface area contributed by atoms with Crippen molar-refractivity contribution in [1.82, 2.24) is 5.12 Å². The van der Waals surface area contributed by atoms with Gasteiger partial charge in [-0.1, -0.05) is 0 Å². The van der Waals surface area contributed by atoms with Crippen molar-refractivity contribution in [3.05, 3.63) is 0 Å². The van der Waals surface area contributed by atoms with Crippen LogP contribution in [0.1, 0.15) is 0 Å². The molecule has 1 fully saturated rings. The van der Waals surface area contributed by atoms with Crippen LogP contribution in [-0.2, 0) is 4.74 Å². The zero-order chi connectivity index (χ0) is 7.94. The highest BCUT2D eigenvalue weighted by atomic mass is 16.7. The van der Waals surface area contributed by atoms with Crippen molar-refractivity contribution < 1.29 is 19.1 Å². The smallest absolute Gasteiger partial charge is 0.319 e. The highest BCUT2D eigenvalue weighted by Gasteiger charge is 2.52. The number of ether oxygens (including phenoxy) is 1. The lowest BCUT2D eigenvalue weighted by molar-refractivity contribution is -0.972. The Hall–Kier alpha value is -1.22. The Balaban J connectivity index is 2.96. The molecule has 8 heteroatoms. The molecular weight excluding hydrogens is 142 g/mol. The number of nitrogens with zero attached hydrogens (tertiary/aromatic N) is 2. The minimum atomic E-state index is -1.39. The highest BCUT2D eigenvalue weighted by molar-refractivity contribution is 5.83. The molecule has 0 aromatic heterocycles. The van der Waals surface area contributed by atoms with Gasteiger partial charge in [0.25, 0.3) is 0 Å². The van der Waals surface area contributed by atoms with Gasteiger partial charge in [-0.25, -0.2) is 4.79 Å². The third-order valence-electron chi connectivity index (χ3n) is 1.01. The number of quaternary nitrogens is 1. The van der Waals surface area contributed by atoms with E-state index in [9.17, 15) is 9.59 Å². The Morgan fingerprint density at radius 2 is 1.90 bits per heavy atom. The Bertz CT molecular complexity index is 199. The second-order valence-corrected chi connectivity index (χ2v) is 1.72. The normalized spacial score (nSPS) is 23.3. The number of hydrazine groups is 1. The SMILES string of the molecule is NN1C(=O)OC(=O)[N+]1(N)N. The quantitative estimate of drug-likeness (QED) is 0.156. The van der Waals surface area contributed by atoms with Crippen LogP contribution < -0.4 is 17.5 Å². The minimum absolute atomic E-state index is 0.266. The molecule has 0 unspecified atom stereocenters. The van der Waals surface area contributed by atoms with E-state index in [0.29, 0.717) is 0 Å². The highest BCUT2D eigenvalue weighted by Crippen LogP contribution is 2.08. The van der Waals surface area contributed by atoms with Crippen LogP contribution in [0, 0.1) is 0 Å². The largest absolute Gasteiger partial charge is 0.594 e. The molecule has 0 saturated carbocycles. The average Bonchev–Trinajstić information content (AvgIpc) is 1.97. The first kappa shape index (κ1) is 6.89. The molecule has 0 radical (unpaired) electrons. The molecule has 0 aliphatic carbocycles. The summed E-state index contributed by atoms with van der Waals surface area (Å²) in [6, 6.07) is 0. The van der Waals surface area contributed by atoms with Crippen LogP contribution in [0.2, 0.25) is 0 Å². The van der Waals surface area contributed by atoms with Crippen LogP contribution in [0.25, 0.3) is 0 Å². The van der Waals surface area contributed by atoms with Crippen molar-refractivity contribution in [3.8, 4) is 0 Å².